The third-order valence-electron chi connectivity index (χ3n) is 4.07. The maximum absolute atomic E-state index is 14.0. The minimum atomic E-state index is -0.467. The van der Waals surface area contributed by atoms with E-state index >= 15 is 0 Å². The minimum Gasteiger partial charge on any atom is -0.335 e. The van der Waals surface area contributed by atoms with Gasteiger partial charge in [-0.05, 0) is 44.5 Å². The zero-order valence-corrected chi connectivity index (χ0v) is 16.0. The fraction of sp³-hybridized carbons (Fsp3) is 0.211. The average Bonchev–Trinajstić information content (AvgIpc) is 2.98. The fourth-order valence-electron chi connectivity index (χ4n) is 2.58. The standard InChI is InChI=1S/C19H20FN5OS/c1-11-8-9-16(12(2)10-11)22-18(26)13(3)27-19-24-23-17(25(19)21)14-6-4-5-7-15(14)20/h4-10,13H,21H2,1-3H3,(H,22,26)/t13-/m0/s1. The Hall–Kier alpha value is -2.87. The van der Waals surface area contributed by atoms with Crippen molar-refractivity contribution in [3.63, 3.8) is 0 Å². The molecular formula is C19H20FN5OS. The van der Waals surface area contributed by atoms with Gasteiger partial charge in [-0.25, -0.2) is 9.07 Å². The second kappa shape index (κ2) is 7.79. The summed E-state index contributed by atoms with van der Waals surface area (Å²) in [5.41, 5.74) is 3.14. The molecule has 0 bridgehead atoms. The van der Waals surface area contributed by atoms with Gasteiger partial charge in [0.15, 0.2) is 5.82 Å². The first-order chi connectivity index (χ1) is 12.9. The highest BCUT2D eigenvalue weighted by atomic mass is 32.2. The Labute approximate surface area is 161 Å². The number of amides is 1. The molecule has 1 heterocycles. The van der Waals surface area contributed by atoms with E-state index in [1.807, 2.05) is 32.0 Å². The van der Waals surface area contributed by atoms with Crippen molar-refractivity contribution in [2.24, 2.45) is 0 Å². The molecule has 3 rings (SSSR count). The number of halogens is 1. The van der Waals surface area contributed by atoms with Crippen LogP contribution in [0, 0.1) is 19.7 Å². The Morgan fingerprint density at radius 2 is 1.96 bits per heavy atom. The highest BCUT2D eigenvalue weighted by Gasteiger charge is 2.21. The molecule has 1 amide bonds. The summed E-state index contributed by atoms with van der Waals surface area (Å²) in [6, 6.07) is 12.0. The Kier molecular flexibility index (Phi) is 5.46. The van der Waals surface area contributed by atoms with E-state index in [1.165, 1.54) is 10.7 Å². The number of hydrogen-bond acceptors (Lipinski definition) is 5. The first-order valence-electron chi connectivity index (χ1n) is 8.37. The lowest BCUT2D eigenvalue weighted by Gasteiger charge is -2.13. The van der Waals surface area contributed by atoms with Crippen molar-refractivity contribution >= 4 is 23.4 Å². The summed E-state index contributed by atoms with van der Waals surface area (Å²) in [5, 5.41) is 10.7. The number of carbonyl (C=O) groups excluding carboxylic acids is 1. The molecule has 3 N–H and O–H groups in total. The Balaban J connectivity index is 1.73. The van der Waals surface area contributed by atoms with Crippen molar-refractivity contribution in [3.05, 3.63) is 59.4 Å². The molecular weight excluding hydrogens is 365 g/mol. The second-order valence-corrected chi connectivity index (χ2v) is 7.53. The van der Waals surface area contributed by atoms with Gasteiger partial charge in [0.2, 0.25) is 11.1 Å². The van der Waals surface area contributed by atoms with E-state index in [-0.39, 0.29) is 17.3 Å². The predicted molar refractivity (Wildman–Crippen MR) is 105 cm³/mol. The van der Waals surface area contributed by atoms with Crippen LogP contribution in [0.3, 0.4) is 0 Å². The SMILES string of the molecule is Cc1ccc(NC(=O)[C@H](C)Sc2nnc(-c3ccccc3F)n2N)c(C)c1. The molecule has 27 heavy (non-hydrogen) atoms. The zero-order valence-electron chi connectivity index (χ0n) is 15.2. The number of nitrogen functional groups attached to an aromatic ring is 1. The van der Waals surface area contributed by atoms with Gasteiger partial charge in [-0.3, -0.25) is 4.79 Å². The highest BCUT2D eigenvalue weighted by Crippen LogP contribution is 2.27. The van der Waals surface area contributed by atoms with Crippen LogP contribution in [-0.4, -0.2) is 26.0 Å². The smallest absolute Gasteiger partial charge is 0.237 e. The second-order valence-electron chi connectivity index (χ2n) is 6.22. The molecule has 0 radical (unpaired) electrons. The number of thioether (sulfide) groups is 1. The number of hydrogen-bond donors (Lipinski definition) is 2. The fourth-order valence-corrected chi connectivity index (χ4v) is 3.35. The molecule has 0 aliphatic heterocycles. The van der Waals surface area contributed by atoms with Crippen molar-refractivity contribution in [1.82, 2.24) is 14.9 Å². The van der Waals surface area contributed by atoms with Crippen molar-refractivity contribution in [2.75, 3.05) is 11.2 Å². The maximum atomic E-state index is 14.0. The van der Waals surface area contributed by atoms with Crippen LogP contribution in [-0.2, 0) is 4.79 Å². The van der Waals surface area contributed by atoms with Crippen LogP contribution in [0.15, 0.2) is 47.6 Å². The number of nitrogens with one attached hydrogen (secondary N) is 1. The Bertz CT molecular complexity index is 988. The van der Waals surface area contributed by atoms with E-state index in [1.54, 1.807) is 25.1 Å². The summed E-state index contributed by atoms with van der Waals surface area (Å²) in [4.78, 5) is 12.5. The van der Waals surface area contributed by atoms with E-state index in [4.69, 9.17) is 5.84 Å². The molecule has 2 aromatic carbocycles. The normalized spacial score (nSPS) is 12.0. The number of benzene rings is 2. The van der Waals surface area contributed by atoms with E-state index < -0.39 is 11.1 Å². The predicted octanol–water partition coefficient (Wildman–Crippen LogP) is 3.53. The highest BCUT2D eigenvalue weighted by molar-refractivity contribution is 8.00. The quantitative estimate of drug-likeness (QED) is 0.518. The van der Waals surface area contributed by atoms with Crippen LogP contribution < -0.4 is 11.2 Å². The van der Waals surface area contributed by atoms with Crippen LogP contribution in [0.2, 0.25) is 0 Å². The van der Waals surface area contributed by atoms with Gasteiger partial charge in [0, 0.05) is 5.69 Å². The van der Waals surface area contributed by atoms with Crippen LogP contribution in [0.5, 0.6) is 0 Å². The molecule has 0 spiro atoms. The van der Waals surface area contributed by atoms with Gasteiger partial charge in [0.1, 0.15) is 5.82 Å². The lowest BCUT2D eigenvalue weighted by Crippen LogP contribution is -2.24. The van der Waals surface area contributed by atoms with E-state index in [0.29, 0.717) is 5.16 Å². The summed E-state index contributed by atoms with van der Waals surface area (Å²) in [7, 11) is 0. The number of nitrogens with zero attached hydrogens (tertiary/aromatic N) is 3. The number of carbonyl (C=O) groups is 1. The van der Waals surface area contributed by atoms with Crippen molar-refractivity contribution < 1.29 is 9.18 Å². The first-order valence-corrected chi connectivity index (χ1v) is 9.25. The summed E-state index contributed by atoms with van der Waals surface area (Å²) in [5.74, 6) is 5.61. The molecule has 0 fully saturated rings. The molecule has 3 aromatic rings. The summed E-state index contributed by atoms with van der Waals surface area (Å²) in [6.07, 6.45) is 0. The number of rotatable bonds is 5. The summed E-state index contributed by atoms with van der Waals surface area (Å²) in [6.45, 7) is 5.69. The molecule has 1 aromatic heterocycles. The van der Waals surface area contributed by atoms with Gasteiger partial charge in [0.25, 0.3) is 0 Å². The third kappa shape index (κ3) is 4.11. The Morgan fingerprint density at radius 3 is 2.67 bits per heavy atom. The van der Waals surface area contributed by atoms with Gasteiger partial charge in [-0.1, -0.05) is 41.6 Å². The van der Waals surface area contributed by atoms with Crippen molar-refractivity contribution in [2.45, 2.75) is 31.2 Å². The van der Waals surface area contributed by atoms with Gasteiger partial charge in [-0.2, -0.15) is 0 Å². The number of aryl methyl sites for hydroxylation is 2. The summed E-state index contributed by atoms with van der Waals surface area (Å²) < 4.78 is 15.2. The van der Waals surface area contributed by atoms with Crippen LogP contribution in [0.25, 0.3) is 11.4 Å². The number of nitrogens with two attached hydrogens (primary N) is 1. The molecule has 1 atom stereocenters. The van der Waals surface area contributed by atoms with E-state index in [2.05, 4.69) is 15.5 Å². The van der Waals surface area contributed by atoms with Gasteiger partial charge in [0.05, 0.1) is 10.8 Å². The topological polar surface area (TPSA) is 85.8 Å². The van der Waals surface area contributed by atoms with Crippen molar-refractivity contribution in [1.29, 1.82) is 0 Å². The summed E-state index contributed by atoms with van der Waals surface area (Å²) >= 11 is 1.16. The molecule has 0 aliphatic carbocycles. The number of aromatic nitrogens is 3. The van der Waals surface area contributed by atoms with Crippen LogP contribution >= 0.6 is 11.8 Å². The van der Waals surface area contributed by atoms with Crippen molar-refractivity contribution in [3.8, 4) is 11.4 Å². The van der Waals surface area contributed by atoms with Gasteiger partial charge < -0.3 is 11.2 Å². The molecule has 0 unspecified atom stereocenters. The van der Waals surface area contributed by atoms with Gasteiger partial charge in [-0.15, -0.1) is 10.2 Å². The Morgan fingerprint density at radius 1 is 1.22 bits per heavy atom. The molecule has 0 saturated carbocycles. The van der Waals surface area contributed by atoms with Crippen LogP contribution in [0.4, 0.5) is 10.1 Å². The lowest BCUT2D eigenvalue weighted by atomic mass is 10.1. The zero-order chi connectivity index (χ0) is 19.6. The third-order valence-corrected chi connectivity index (χ3v) is 5.13. The molecule has 140 valence electrons. The largest absolute Gasteiger partial charge is 0.335 e. The van der Waals surface area contributed by atoms with E-state index in [9.17, 15) is 9.18 Å². The molecule has 6 nitrogen and oxygen atoms in total. The minimum absolute atomic E-state index is 0.178. The first kappa shape index (κ1) is 18.9. The molecule has 0 aliphatic rings. The lowest BCUT2D eigenvalue weighted by molar-refractivity contribution is -0.115. The maximum Gasteiger partial charge on any atom is 0.237 e. The molecule has 0 saturated heterocycles. The van der Waals surface area contributed by atoms with Gasteiger partial charge >= 0.3 is 0 Å². The molecule has 8 heteroatoms. The monoisotopic (exact) mass is 385 g/mol. The average molecular weight is 385 g/mol. The number of anilines is 1. The van der Waals surface area contributed by atoms with Crippen LogP contribution in [0.1, 0.15) is 18.1 Å². The van der Waals surface area contributed by atoms with E-state index in [0.717, 1.165) is 28.6 Å².